The molecular formula is C12H19NO. The molecule has 0 aliphatic carbocycles. The Labute approximate surface area is 86.1 Å². The Morgan fingerprint density at radius 2 is 1.93 bits per heavy atom. The summed E-state index contributed by atoms with van der Waals surface area (Å²) in [6, 6.07) is 7.83. The highest BCUT2D eigenvalue weighted by molar-refractivity contribution is 5.39. The van der Waals surface area contributed by atoms with Crippen LogP contribution in [-0.2, 0) is 11.3 Å². The summed E-state index contributed by atoms with van der Waals surface area (Å²) in [4.78, 5) is 0. The molecule has 1 aromatic rings. The zero-order valence-electron chi connectivity index (χ0n) is 8.99. The Morgan fingerprint density at radius 1 is 1.29 bits per heavy atom. The number of ether oxygens (including phenoxy) is 1. The third kappa shape index (κ3) is 3.79. The first-order valence-electron chi connectivity index (χ1n) is 5.18. The summed E-state index contributed by atoms with van der Waals surface area (Å²) in [5.74, 6) is 0. The fraction of sp³-hybridized carbons (Fsp3) is 0.500. The van der Waals surface area contributed by atoms with Crippen molar-refractivity contribution in [3.8, 4) is 0 Å². The Kier molecular flexibility index (Phi) is 4.47. The van der Waals surface area contributed by atoms with Crippen LogP contribution >= 0.6 is 0 Å². The van der Waals surface area contributed by atoms with Crippen LogP contribution in [0.2, 0.25) is 0 Å². The molecule has 1 atom stereocenters. The Balaban J connectivity index is 2.34. The van der Waals surface area contributed by atoms with E-state index < -0.39 is 0 Å². The molecule has 0 saturated carbocycles. The van der Waals surface area contributed by atoms with Gasteiger partial charge in [0.25, 0.3) is 0 Å². The average molecular weight is 193 g/mol. The van der Waals surface area contributed by atoms with Gasteiger partial charge in [0.2, 0.25) is 0 Å². The number of nitrogens with two attached hydrogens (primary N) is 1. The van der Waals surface area contributed by atoms with Crippen molar-refractivity contribution in [3.05, 3.63) is 29.8 Å². The van der Waals surface area contributed by atoms with Gasteiger partial charge in [0, 0.05) is 5.69 Å². The molecule has 1 aromatic carbocycles. The number of benzene rings is 1. The van der Waals surface area contributed by atoms with E-state index in [9.17, 15) is 0 Å². The molecule has 0 aromatic heterocycles. The lowest BCUT2D eigenvalue weighted by Gasteiger charge is -2.11. The second-order valence-corrected chi connectivity index (χ2v) is 3.65. The van der Waals surface area contributed by atoms with E-state index in [1.54, 1.807) is 0 Å². The quantitative estimate of drug-likeness (QED) is 0.730. The predicted molar refractivity (Wildman–Crippen MR) is 60.0 cm³/mol. The van der Waals surface area contributed by atoms with Crippen LogP contribution in [0.25, 0.3) is 0 Å². The lowest BCUT2D eigenvalue weighted by atomic mass is 10.2. The smallest absolute Gasteiger partial charge is 0.0720 e. The van der Waals surface area contributed by atoms with Gasteiger partial charge >= 0.3 is 0 Å². The van der Waals surface area contributed by atoms with E-state index in [2.05, 4.69) is 13.8 Å². The second kappa shape index (κ2) is 5.66. The topological polar surface area (TPSA) is 35.2 Å². The van der Waals surface area contributed by atoms with Crippen LogP contribution in [0, 0.1) is 0 Å². The van der Waals surface area contributed by atoms with Crippen LogP contribution in [0.4, 0.5) is 5.69 Å². The maximum Gasteiger partial charge on any atom is 0.0720 e. The Morgan fingerprint density at radius 3 is 2.50 bits per heavy atom. The molecule has 1 rings (SSSR count). The molecule has 0 aliphatic rings. The van der Waals surface area contributed by atoms with Gasteiger partial charge in [-0.25, -0.2) is 0 Å². The van der Waals surface area contributed by atoms with Gasteiger partial charge in [0.05, 0.1) is 12.7 Å². The molecular weight excluding hydrogens is 174 g/mol. The molecule has 1 unspecified atom stereocenters. The first kappa shape index (κ1) is 11.1. The molecule has 0 amide bonds. The van der Waals surface area contributed by atoms with Gasteiger partial charge in [0.1, 0.15) is 0 Å². The van der Waals surface area contributed by atoms with Crippen molar-refractivity contribution in [2.24, 2.45) is 0 Å². The van der Waals surface area contributed by atoms with Gasteiger partial charge in [-0.2, -0.15) is 0 Å². The number of anilines is 1. The van der Waals surface area contributed by atoms with Gasteiger partial charge < -0.3 is 10.5 Å². The van der Waals surface area contributed by atoms with E-state index in [4.69, 9.17) is 10.5 Å². The van der Waals surface area contributed by atoms with Crippen LogP contribution in [0.1, 0.15) is 32.3 Å². The van der Waals surface area contributed by atoms with Gasteiger partial charge in [-0.3, -0.25) is 0 Å². The lowest BCUT2D eigenvalue weighted by molar-refractivity contribution is 0.0472. The van der Waals surface area contributed by atoms with Crippen LogP contribution in [-0.4, -0.2) is 6.10 Å². The predicted octanol–water partition coefficient (Wildman–Crippen LogP) is 2.97. The molecule has 2 nitrogen and oxygen atoms in total. The van der Waals surface area contributed by atoms with Crippen LogP contribution in [0.3, 0.4) is 0 Å². The molecule has 14 heavy (non-hydrogen) atoms. The van der Waals surface area contributed by atoms with Gasteiger partial charge in [0.15, 0.2) is 0 Å². The van der Waals surface area contributed by atoms with E-state index in [1.165, 1.54) is 12.0 Å². The monoisotopic (exact) mass is 193 g/mol. The zero-order chi connectivity index (χ0) is 10.4. The van der Waals surface area contributed by atoms with Crippen molar-refractivity contribution in [2.75, 3.05) is 5.73 Å². The zero-order valence-corrected chi connectivity index (χ0v) is 8.99. The fourth-order valence-corrected chi connectivity index (χ4v) is 1.34. The standard InChI is InChI=1S/C12H19NO/c1-3-4-10(2)14-9-11-5-7-12(13)8-6-11/h5-8,10H,3-4,9,13H2,1-2H3. The van der Waals surface area contributed by atoms with Gasteiger partial charge in [-0.15, -0.1) is 0 Å². The van der Waals surface area contributed by atoms with Crippen LogP contribution < -0.4 is 5.73 Å². The fourth-order valence-electron chi connectivity index (χ4n) is 1.34. The van der Waals surface area contributed by atoms with Crippen molar-refractivity contribution in [3.63, 3.8) is 0 Å². The van der Waals surface area contributed by atoms with Crippen LogP contribution in [0.5, 0.6) is 0 Å². The minimum Gasteiger partial charge on any atom is -0.399 e. The highest BCUT2D eigenvalue weighted by Crippen LogP contribution is 2.09. The average Bonchev–Trinajstić information content (AvgIpc) is 2.17. The normalized spacial score (nSPS) is 12.7. The van der Waals surface area contributed by atoms with Crippen LogP contribution in [0.15, 0.2) is 24.3 Å². The molecule has 0 aliphatic heterocycles. The molecule has 0 spiro atoms. The van der Waals surface area contributed by atoms with Gasteiger partial charge in [-0.1, -0.05) is 25.5 Å². The number of nitrogen functional groups attached to an aromatic ring is 1. The summed E-state index contributed by atoms with van der Waals surface area (Å²) in [5.41, 5.74) is 7.57. The maximum atomic E-state index is 5.67. The van der Waals surface area contributed by atoms with Crippen molar-refractivity contribution < 1.29 is 4.74 Å². The summed E-state index contributed by atoms with van der Waals surface area (Å²) in [7, 11) is 0. The molecule has 0 saturated heterocycles. The number of hydrogen-bond acceptors (Lipinski definition) is 2. The third-order valence-electron chi connectivity index (χ3n) is 2.21. The summed E-state index contributed by atoms with van der Waals surface area (Å²) >= 11 is 0. The van der Waals surface area contributed by atoms with E-state index in [0.29, 0.717) is 12.7 Å². The lowest BCUT2D eigenvalue weighted by Crippen LogP contribution is -2.07. The minimum absolute atomic E-state index is 0.345. The Hall–Kier alpha value is -1.02. The molecule has 0 radical (unpaired) electrons. The minimum atomic E-state index is 0.345. The Bertz CT molecular complexity index is 256. The number of rotatable bonds is 5. The van der Waals surface area contributed by atoms with E-state index in [1.807, 2.05) is 24.3 Å². The van der Waals surface area contributed by atoms with E-state index >= 15 is 0 Å². The highest BCUT2D eigenvalue weighted by atomic mass is 16.5. The van der Waals surface area contributed by atoms with E-state index in [-0.39, 0.29) is 0 Å². The summed E-state index contributed by atoms with van der Waals surface area (Å²) in [6.45, 7) is 4.96. The van der Waals surface area contributed by atoms with Crippen molar-refractivity contribution in [1.82, 2.24) is 0 Å². The summed E-state index contributed by atoms with van der Waals surface area (Å²) in [6.07, 6.45) is 2.63. The number of hydrogen-bond donors (Lipinski definition) is 1. The van der Waals surface area contributed by atoms with E-state index in [0.717, 1.165) is 12.1 Å². The molecule has 78 valence electrons. The second-order valence-electron chi connectivity index (χ2n) is 3.65. The first-order valence-corrected chi connectivity index (χ1v) is 5.18. The molecule has 0 fully saturated rings. The summed E-state index contributed by atoms with van der Waals surface area (Å²) < 4.78 is 5.67. The summed E-state index contributed by atoms with van der Waals surface area (Å²) in [5, 5.41) is 0. The largest absolute Gasteiger partial charge is 0.399 e. The van der Waals surface area contributed by atoms with Crippen molar-refractivity contribution in [1.29, 1.82) is 0 Å². The highest BCUT2D eigenvalue weighted by Gasteiger charge is 2.00. The molecule has 0 heterocycles. The van der Waals surface area contributed by atoms with Crippen molar-refractivity contribution >= 4 is 5.69 Å². The molecule has 2 N–H and O–H groups in total. The SMILES string of the molecule is CCCC(C)OCc1ccc(N)cc1. The third-order valence-corrected chi connectivity index (χ3v) is 2.21. The molecule has 0 bridgehead atoms. The first-order chi connectivity index (χ1) is 6.72. The molecule has 2 heteroatoms. The van der Waals surface area contributed by atoms with Gasteiger partial charge in [-0.05, 0) is 31.0 Å². The van der Waals surface area contributed by atoms with Crippen molar-refractivity contribution in [2.45, 2.75) is 39.4 Å². The maximum absolute atomic E-state index is 5.67.